The van der Waals surface area contributed by atoms with Crippen LogP contribution in [0.2, 0.25) is 0 Å². The second-order valence-corrected chi connectivity index (χ2v) is 5.24. The Balaban J connectivity index is 2.24. The van der Waals surface area contributed by atoms with E-state index < -0.39 is 5.91 Å². The van der Waals surface area contributed by atoms with E-state index in [-0.39, 0.29) is 12.1 Å². The number of nitriles is 1. The van der Waals surface area contributed by atoms with Crippen LogP contribution in [0.5, 0.6) is 11.5 Å². The smallest absolute Gasteiger partial charge is 0.262 e. The van der Waals surface area contributed by atoms with Crippen LogP contribution in [0, 0.1) is 18.3 Å². The van der Waals surface area contributed by atoms with E-state index in [1.807, 2.05) is 19.1 Å². The van der Waals surface area contributed by atoms with E-state index in [0.717, 1.165) is 5.56 Å². The first kappa shape index (κ1) is 18.0. The summed E-state index contributed by atoms with van der Waals surface area (Å²) in [5, 5.41) is 12.0. The first-order chi connectivity index (χ1) is 12.1. The molecule has 0 radical (unpaired) electrons. The van der Waals surface area contributed by atoms with Crippen molar-refractivity contribution >= 4 is 12.0 Å². The van der Waals surface area contributed by atoms with Crippen LogP contribution >= 0.6 is 0 Å². The van der Waals surface area contributed by atoms with Gasteiger partial charge in [0.1, 0.15) is 23.1 Å². The zero-order valence-corrected chi connectivity index (χ0v) is 14.4. The minimum atomic E-state index is -0.477. The lowest BCUT2D eigenvalue weighted by atomic mass is 10.1. The molecule has 0 saturated carbocycles. The number of carbonyl (C=O) groups excluding carboxylic acids is 1. The quantitative estimate of drug-likeness (QED) is 0.647. The minimum absolute atomic E-state index is 0.0277. The fourth-order valence-electron chi connectivity index (χ4n) is 2.26. The number of amides is 1. The van der Waals surface area contributed by atoms with Gasteiger partial charge in [-0.3, -0.25) is 9.78 Å². The Kier molecular flexibility index (Phi) is 6.13. The highest BCUT2D eigenvalue weighted by Gasteiger charge is 2.13. The van der Waals surface area contributed by atoms with Crippen molar-refractivity contribution in [3.63, 3.8) is 0 Å². The summed E-state index contributed by atoms with van der Waals surface area (Å²) >= 11 is 0. The van der Waals surface area contributed by atoms with Gasteiger partial charge in [0, 0.05) is 11.8 Å². The number of methoxy groups -OCH3 is 2. The van der Waals surface area contributed by atoms with E-state index >= 15 is 0 Å². The molecule has 0 aliphatic heterocycles. The highest BCUT2D eigenvalue weighted by Crippen LogP contribution is 2.29. The van der Waals surface area contributed by atoms with Crippen molar-refractivity contribution in [3.05, 3.63) is 58.9 Å². The molecule has 25 heavy (non-hydrogen) atoms. The molecule has 0 fully saturated rings. The summed E-state index contributed by atoms with van der Waals surface area (Å²) in [5.41, 5.74) is 2.17. The van der Waals surface area contributed by atoms with Gasteiger partial charge in [-0.1, -0.05) is 6.07 Å². The highest BCUT2D eigenvalue weighted by molar-refractivity contribution is 6.02. The van der Waals surface area contributed by atoms with Gasteiger partial charge in [-0.2, -0.15) is 5.26 Å². The molecule has 0 unspecified atom stereocenters. The van der Waals surface area contributed by atoms with Gasteiger partial charge < -0.3 is 14.8 Å². The molecule has 1 N–H and O–H groups in total. The Labute approximate surface area is 146 Å². The second kappa shape index (κ2) is 8.50. The number of hydrogen-bond donors (Lipinski definition) is 1. The van der Waals surface area contributed by atoms with E-state index in [4.69, 9.17) is 9.47 Å². The highest BCUT2D eigenvalue weighted by atomic mass is 16.5. The van der Waals surface area contributed by atoms with E-state index in [9.17, 15) is 10.1 Å². The zero-order valence-electron chi connectivity index (χ0n) is 14.4. The summed E-state index contributed by atoms with van der Waals surface area (Å²) in [4.78, 5) is 16.4. The maximum Gasteiger partial charge on any atom is 0.262 e. The summed E-state index contributed by atoms with van der Waals surface area (Å²) in [6, 6.07) is 10.9. The molecule has 2 rings (SSSR count). The van der Waals surface area contributed by atoms with Crippen LogP contribution in [-0.4, -0.2) is 25.1 Å². The number of nitrogens with one attached hydrogen (secondary N) is 1. The lowest BCUT2D eigenvalue weighted by Gasteiger charge is -2.11. The molecule has 1 heterocycles. The van der Waals surface area contributed by atoms with Gasteiger partial charge in [0.2, 0.25) is 0 Å². The topological polar surface area (TPSA) is 84.2 Å². The third-order valence-electron chi connectivity index (χ3n) is 3.57. The maximum absolute atomic E-state index is 12.3. The van der Waals surface area contributed by atoms with Gasteiger partial charge in [-0.05, 0) is 42.8 Å². The van der Waals surface area contributed by atoms with Crippen LogP contribution in [0.3, 0.4) is 0 Å². The van der Waals surface area contributed by atoms with E-state index in [1.165, 1.54) is 13.2 Å². The number of ether oxygens (including phenoxy) is 2. The molecule has 1 amide bonds. The van der Waals surface area contributed by atoms with Crippen molar-refractivity contribution in [1.82, 2.24) is 10.3 Å². The Morgan fingerprint density at radius 2 is 2.04 bits per heavy atom. The molecular weight excluding hydrogens is 318 g/mol. The number of nitrogens with zero attached hydrogens (tertiary/aromatic N) is 2. The number of aromatic nitrogens is 1. The molecule has 0 spiro atoms. The van der Waals surface area contributed by atoms with Crippen LogP contribution in [0.1, 0.15) is 16.8 Å². The minimum Gasteiger partial charge on any atom is -0.496 e. The number of rotatable bonds is 6. The van der Waals surface area contributed by atoms with Crippen molar-refractivity contribution in [2.75, 3.05) is 14.2 Å². The molecule has 0 saturated heterocycles. The maximum atomic E-state index is 12.3. The van der Waals surface area contributed by atoms with E-state index in [0.29, 0.717) is 22.8 Å². The molecule has 128 valence electrons. The molecule has 6 nitrogen and oxygen atoms in total. The molecule has 0 aliphatic rings. The lowest BCUT2D eigenvalue weighted by molar-refractivity contribution is -0.117. The monoisotopic (exact) mass is 337 g/mol. The Morgan fingerprint density at radius 3 is 2.64 bits per heavy atom. The van der Waals surface area contributed by atoms with Crippen LogP contribution in [0.4, 0.5) is 0 Å². The molecule has 0 aliphatic carbocycles. The van der Waals surface area contributed by atoms with Gasteiger partial charge in [0.05, 0.1) is 26.5 Å². The van der Waals surface area contributed by atoms with Crippen molar-refractivity contribution in [2.24, 2.45) is 0 Å². The average molecular weight is 337 g/mol. The largest absolute Gasteiger partial charge is 0.496 e. The van der Waals surface area contributed by atoms with Gasteiger partial charge in [0.15, 0.2) is 0 Å². The first-order valence-corrected chi connectivity index (χ1v) is 7.61. The lowest BCUT2D eigenvalue weighted by Crippen LogP contribution is -2.24. The number of aryl methyl sites for hydroxylation is 1. The van der Waals surface area contributed by atoms with Crippen LogP contribution in [0.15, 0.2) is 42.1 Å². The molecule has 1 aromatic carbocycles. The Hall–Kier alpha value is -3.33. The molecular formula is C19H19N3O3. The fraction of sp³-hybridized carbons (Fsp3) is 0.211. The molecule has 6 heteroatoms. The summed E-state index contributed by atoms with van der Waals surface area (Å²) in [6.07, 6.45) is 3.13. The number of pyridine rings is 1. The van der Waals surface area contributed by atoms with Gasteiger partial charge in [-0.25, -0.2) is 0 Å². The predicted octanol–water partition coefficient (Wildman–Crippen LogP) is 2.63. The standard InChI is InChI=1S/C19H19N3O3/c1-13-8-18(25-3)14(10-17(13)24-2)9-15(11-20)19(23)22-12-16-6-4-5-7-21-16/h4-10H,12H2,1-3H3,(H,22,23)/b15-9+. The first-order valence-electron chi connectivity index (χ1n) is 7.61. The van der Waals surface area contributed by atoms with Crippen molar-refractivity contribution in [3.8, 4) is 17.6 Å². The number of benzene rings is 1. The van der Waals surface area contributed by atoms with Gasteiger partial charge >= 0.3 is 0 Å². The predicted molar refractivity (Wildman–Crippen MR) is 94.0 cm³/mol. The fourth-order valence-corrected chi connectivity index (χ4v) is 2.26. The number of carbonyl (C=O) groups is 1. The second-order valence-electron chi connectivity index (χ2n) is 5.24. The third kappa shape index (κ3) is 4.58. The average Bonchev–Trinajstić information content (AvgIpc) is 2.65. The van der Waals surface area contributed by atoms with Crippen molar-refractivity contribution < 1.29 is 14.3 Å². The van der Waals surface area contributed by atoms with Crippen LogP contribution in [-0.2, 0) is 11.3 Å². The number of hydrogen-bond acceptors (Lipinski definition) is 5. The zero-order chi connectivity index (χ0) is 18.2. The summed E-state index contributed by atoms with van der Waals surface area (Å²) < 4.78 is 10.6. The summed E-state index contributed by atoms with van der Waals surface area (Å²) in [6.45, 7) is 2.13. The molecule has 2 aromatic rings. The van der Waals surface area contributed by atoms with E-state index in [1.54, 1.807) is 37.6 Å². The SMILES string of the molecule is COc1cc(/C=C(\C#N)C(=O)NCc2ccccn2)c(OC)cc1C. The van der Waals surface area contributed by atoms with E-state index in [2.05, 4.69) is 10.3 Å². The van der Waals surface area contributed by atoms with Gasteiger partial charge in [-0.15, -0.1) is 0 Å². The van der Waals surface area contributed by atoms with Crippen molar-refractivity contribution in [2.45, 2.75) is 13.5 Å². The van der Waals surface area contributed by atoms with Crippen molar-refractivity contribution in [1.29, 1.82) is 5.26 Å². The summed E-state index contributed by atoms with van der Waals surface area (Å²) in [7, 11) is 3.10. The molecule has 0 bridgehead atoms. The van der Waals surface area contributed by atoms with Crippen LogP contribution < -0.4 is 14.8 Å². The molecule has 0 atom stereocenters. The normalized spacial score (nSPS) is 10.7. The molecule has 1 aromatic heterocycles. The van der Waals surface area contributed by atoms with Crippen LogP contribution in [0.25, 0.3) is 6.08 Å². The Morgan fingerprint density at radius 1 is 1.28 bits per heavy atom. The Bertz CT molecular complexity index is 824. The van der Waals surface area contributed by atoms with Gasteiger partial charge in [0.25, 0.3) is 5.91 Å². The summed E-state index contributed by atoms with van der Waals surface area (Å²) in [5.74, 6) is 0.733. The third-order valence-corrected chi connectivity index (χ3v) is 3.57.